The molecule has 0 fully saturated rings. The highest BCUT2D eigenvalue weighted by Gasteiger charge is 2.36. The fourth-order valence-electron chi connectivity index (χ4n) is 3.72. The number of rotatable bonds is 5. The Morgan fingerprint density at radius 1 is 0.519 bits per heavy atom. The van der Waals surface area contributed by atoms with Gasteiger partial charge in [0.2, 0.25) is 0 Å². The first-order valence-electron chi connectivity index (χ1n) is 9.30. The van der Waals surface area contributed by atoms with E-state index in [1.54, 1.807) is 0 Å². The molecular formula is C26H23N. The lowest BCUT2D eigenvalue weighted by molar-refractivity contribution is 0.711. The van der Waals surface area contributed by atoms with Gasteiger partial charge in [-0.2, -0.15) is 0 Å². The minimum absolute atomic E-state index is 0.475. The van der Waals surface area contributed by atoms with E-state index in [1.807, 2.05) is 0 Å². The lowest BCUT2D eigenvalue weighted by Gasteiger charge is -2.38. The van der Waals surface area contributed by atoms with Crippen molar-refractivity contribution in [2.24, 2.45) is 0 Å². The SMILES string of the molecule is Cc1cccc(NC(c2ccccc2)(c2ccccc2)c2ccccc2)c1. The van der Waals surface area contributed by atoms with E-state index in [4.69, 9.17) is 0 Å². The summed E-state index contributed by atoms with van der Waals surface area (Å²) < 4.78 is 0. The van der Waals surface area contributed by atoms with Crippen molar-refractivity contribution in [1.82, 2.24) is 0 Å². The van der Waals surface area contributed by atoms with Crippen LogP contribution >= 0.6 is 0 Å². The van der Waals surface area contributed by atoms with Crippen molar-refractivity contribution in [3.63, 3.8) is 0 Å². The monoisotopic (exact) mass is 349 g/mol. The van der Waals surface area contributed by atoms with Crippen molar-refractivity contribution >= 4 is 5.69 Å². The summed E-state index contributed by atoms with van der Waals surface area (Å²) in [5.74, 6) is 0. The number of hydrogen-bond donors (Lipinski definition) is 1. The highest BCUT2D eigenvalue weighted by Crippen LogP contribution is 2.39. The molecule has 132 valence electrons. The third-order valence-electron chi connectivity index (χ3n) is 4.97. The van der Waals surface area contributed by atoms with Gasteiger partial charge in [0.1, 0.15) is 5.54 Å². The maximum absolute atomic E-state index is 3.88. The number of nitrogens with one attached hydrogen (secondary N) is 1. The maximum atomic E-state index is 3.88. The molecule has 0 spiro atoms. The van der Waals surface area contributed by atoms with Crippen LogP contribution in [0, 0.1) is 6.92 Å². The van der Waals surface area contributed by atoms with Crippen molar-refractivity contribution < 1.29 is 0 Å². The van der Waals surface area contributed by atoms with Crippen LogP contribution in [0.2, 0.25) is 0 Å². The molecule has 1 nitrogen and oxygen atoms in total. The van der Waals surface area contributed by atoms with Crippen molar-refractivity contribution in [3.8, 4) is 0 Å². The first-order valence-corrected chi connectivity index (χ1v) is 9.30. The first kappa shape index (κ1) is 17.1. The van der Waals surface area contributed by atoms with E-state index in [0.717, 1.165) is 5.69 Å². The molecule has 0 aliphatic heterocycles. The Hall–Kier alpha value is -3.32. The molecule has 0 bridgehead atoms. The van der Waals surface area contributed by atoms with Gasteiger partial charge in [-0.3, -0.25) is 0 Å². The Labute approximate surface area is 161 Å². The van der Waals surface area contributed by atoms with E-state index >= 15 is 0 Å². The molecule has 0 atom stereocenters. The van der Waals surface area contributed by atoms with Crippen LogP contribution in [0.3, 0.4) is 0 Å². The predicted molar refractivity (Wildman–Crippen MR) is 114 cm³/mol. The second-order valence-corrected chi connectivity index (χ2v) is 6.84. The molecule has 4 aromatic rings. The van der Waals surface area contributed by atoms with Crippen LogP contribution in [0.1, 0.15) is 22.3 Å². The largest absolute Gasteiger partial charge is 0.368 e. The third-order valence-corrected chi connectivity index (χ3v) is 4.97. The quantitative estimate of drug-likeness (QED) is 0.411. The van der Waals surface area contributed by atoms with Crippen molar-refractivity contribution in [1.29, 1.82) is 0 Å². The topological polar surface area (TPSA) is 12.0 Å². The van der Waals surface area contributed by atoms with E-state index in [2.05, 4.69) is 128 Å². The molecule has 0 aromatic heterocycles. The normalized spacial score (nSPS) is 11.1. The van der Waals surface area contributed by atoms with Gasteiger partial charge < -0.3 is 5.32 Å². The summed E-state index contributed by atoms with van der Waals surface area (Å²) >= 11 is 0. The Morgan fingerprint density at radius 3 is 1.37 bits per heavy atom. The lowest BCUT2D eigenvalue weighted by Crippen LogP contribution is -2.38. The van der Waals surface area contributed by atoms with Crippen LogP contribution in [-0.2, 0) is 5.54 Å². The summed E-state index contributed by atoms with van der Waals surface area (Å²) in [6.45, 7) is 2.13. The molecular weight excluding hydrogens is 326 g/mol. The molecule has 4 aromatic carbocycles. The smallest absolute Gasteiger partial charge is 0.114 e. The average molecular weight is 349 g/mol. The van der Waals surface area contributed by atoms with Crippen LogP contribution in [0.15, 0.2) is 115 Å². The Kier molecular flexibility index (Phi) is 4.76. The zero-order valence-electron chi connectivity index (χ0n) is 15.5. The molecule has 0 heterocycles. The molecule has 0 saturated heterocycles. The molecule has 1 N–H and O–H groups in total. The Morgan fingerprint density at radius 2 is 0.963 bits per heavy atom. The van der Waals surface area contributed by atoms with Gasteiger partial charge in [-0.25, -0.2) is 0 Å². The fourth-order valence-corrected chi connectivity index (χ4v) is 3.72. The van der Waals surface area contributed by atoms with Crippen molar-refractivity contribution in [2.75, 3.05) is 5.32 Å². The van der Waals surface area contributed by atoms with Gasteiger partial charge in [0.15, 0.2) is 0 Å². The standard InChI is InChI=1S/C26H23N/c1-21-12-11-19-25(20-21)27-26(22-13-5-2-6-14-22,23-15-7-3-8-16-23)24-17-9-4-10-18-24/h2-20,27H,1H3. The first-order chi connectivity index (χ1) is 13.3. The number of aryl methyl sites for hydroxylation is 1. The summed E-state index contributed by atoms with van der Waals surface area (Å²) in [7, 11) is 0. The van der Waals surface area contributed by atoms with Gasteiger partial charge in [0, 0.05) is 5.69 Å². The molecule has 27 heavy (non-hydrogen) atoms. The number of benzene rings is 4. The number of hydrogen-bond acceptors (Lipinski definition) is 1. The van der Waals surface area contributed by atoms with Crippen LogP contribution in [-0.4, -0.2) is 0 Å². The van der Waals surface area contributed by atoms with Gasteiger partial charge in [0.25, 0.3) is 0 Å². The highest BCUT2D eigenvalue weighted by atomic mass is 15.0. The maximum Gasteiger partial charge on any atom is 0.114 e. The van der Waals surface area contributed by atoms with E-state index in [9.17, 15) is 0 Å². The number of anilines is 1. The van der Waals surface area contributed by atoms with Crippen LogP contribution in [0.5, 0.6) is 0 Å². The predicted octanol–water partition coefficient (Wildman–Crippen LogP) is 6.40. The van der Waals surface area contributed by atoms with Gasteiger partial charge in [-0.05, 0) is 41.3 Å². The zero-order chi connectivity index (χ0) is 18.5. The molecule has 4 rings (SSSR count). The van der Waals surface area contributed by atoms with Gasteiger partial charge >= 0.3 is 0 Å². The van der Waals surface area contributed by atoms with E-state index in [1.165, 1.54) is 22.3 Å². The van der Waals surface area contributed by atoms with Crippen LogP contribution < -0.4 is 5.32 Å². The molecule has 0 radical (unpaired) electrons. The van der Waals surface area contributed by atoms with Crippen molar-refractivity contribution in [3.05, 3.63) is 138 Å². The average Bonchev–Trinajstić information content (AvgIpc) is 2.74. The van der Waals surface area contributed by atoms with E-state index in [0.29, 0.717) is 0 Å². The van der Waals surface area contributed by atoms with Gasteiger partial charge in [-0.15, -0.1) is 0 Å². The Balaban J connectivity index is 2.00. The molecule has 1 heteroatoms. The summed E-state index contributed by atoms with van der Waals surface area (Å²) in [6, 6.07) is 40.6. The minimum atomic E-state index is -0.475. The second-order valence-electron chi connectivity index (χ2n) is 6.84. The fraction of sp³-hybridized carbons (Fsp3) is 0.0769. The van der Waals surface area contributed by atoms with Gasteiger partial charge in [0.05, 0.1) is 0 Å². The van der Waals surface area contributed by atoms with E-state index in [-0.39, 0.29) is 0 Å². The Bertz CT molecular complexity index is 895. The van der Waals surface area contributed by atoms with E-state index < -0.39 is 5.54 Å². The third kappa shape index (κ3) is 3.37. The second kappa shape index (κ2) is 7.51. The van der Waals surface area contributed by atoms with Crippen molar-refractivity contribution in [2.45, 2.75) is 12.5 Å². The summed E-state index contributed by atoms with van der Waals surface area (Å²) in [5.41, 5.74) is 5.50. The molecule has 0 amide bonds. The van der Waals surface area contributed by atoms with Crippen LogP contribution in [0.4, 0.5) is 5.69 Å². The molecule has 0 aliphatic carbocycles. The molecule has 0 saturated carbocycles. The van der Waals surface area contributed by atoms with Gasteiger partial charge in [-0.1, -0.05) is 103 Å². The summed E-state index contributed by atoms with van der Waals surface area (Å²) in [6.07, 6.45) is 0. The minimum Gasteiger partial charge on any atom is -0.368 e. The summed E-state index contributed by atoms with van der Waals surface area (Å²) in [4.78, 5) is 0. The zero-order valence-corrected chi connectivity index (χ0v) is 15.5. The van der Waals surface area contributed by atoms with Crippen LogP contribution in [0.25, 0.3) is 0 Å². The summed E-state index contributed by atoms with van der Waals surface area (Å²) in [5, 5.41) is 3.88. The highest BCUT2D eigenvalue weighted by molar-refractivity contribution is 5.60. The lowest BCUT2D eigenvalue weighted by atomic mass is 9.77. The molecule has 0 aliphatic rings. The molecule has 0 unspecified atom stereocenters.